The monoisotopic (exact) mass is 206 g/mol. The molecule has 2 rings (SSSR count). The lowest BCUT2D eigenvalue weighted by Crippen LogP contribution is -2.35. The number of nitrogens with two attached hydrogens (primary N) is 1. The summed E-state index contributed by atoms with van der Waals surface area (Å²) in [7, 11) is 0. The van der Waals surface area contributed by atoms with E-state index in [0.717, 1.165) is 11.3 Å². The van der Waals surface area contributed by atoms with Crippen LogP contribution in [0.1, 0.15) is 18.4 Å². The summed E-state index contributed by atoms with van der Waals surface area (Å²) in [6.45, 7) is 2.17. The van der Waals surface area contributed by atoms with Crippen molar-refractivity contribution in [3.05, 3.63) is 29.8 Å². The van der Waals surface area contributed by atoms with E-state index in [1.807, 2.05) is 24.3 Å². The Morgan fingerprint density at radius 1 is 1.53 bits per heavy atom. The number of ether oxygens (including phenoxy) is 1. The quantitative estimate of drug-likeness (QED) is 0.710. The van der Waals surface area contributed by atoms with E-state index in [1.54, 1.807) is 6.92 Å². The van der Waals surface area contributed by atoms with Gasteiger partial charge in [0.1, 0.15) is 5.92 Å². The minimum absolute atomic E-state index is 0.262. The molecule has 2 atom stereocenters. The summed E-state index contributed by atoms with van der Waals surface area (Å²) < 4.78 is 4.99. The Balaban J connectivity index is 2.29. The number of carbonyl (C=O) groups excluding carboxylic acids is 1. The minimum Gasteiger partial charge on any atom is -0.465 e. The Morgan fingerprint density at radius 3 is 3.00 bits per heavy atom. The molecule has 3 N–H and O–H groups in total. The van der Waals surface area contributed by atoms with Gasteiger partial charge in [0.05, 0.1) is 12.8 Å². The van der Waals surface area contributed by atoms with E-state index in [1.165, 1.54) is 0 Å². The summed E-state index contributed by atoms with van der Waals surface area (Å²) in [5, 5.41) is 3.06. The SMILES string of the molecule is CCOC(=O)C1c2ccccc2NC1N. The maximum Gasteiger partial charge on any atom is 0.316 e. The van der Waals surface area contributed by atoms with Crippen molar-refractivity contribution in [3.63, 3.8) is 0 Å². The Morgan fingerprint density at radius 2 is 2.27 bits per heavy atom. The average molecular weight is 206 g/mol. The first-order valence-electron chi connectivity index (χ1n) is 5.01. The topological polar surface area (TPSA) is 64.3 Å². The fourth-order valence-corrected chi connectivity index (χ4v) is 1.86. The van der Waals surface area contributed by atoms with Crippen LogP contribution in [0.2, 0.25) is 0 Å². The molecule has 0 aliphatic carbocycles. The molecule has 0 fully saturated rings. The van der Waals surface area contributed by atoms with Crippen LogP contribution in [-0.2, 0) is 9.53 Å². The molecule has 0 bridgehead atoms. The van der Waals surface area contributed by atoms with Crippen molar-refractivity contribution in [2.75, 3.05) is 11.9 Å². The number of carbonyl (C=O) groups is 1. The van der Waals surface area contributed by atoms with Crippen molar-refractivity contribution in [2.24, 2.45) is 5.73 Å². The number of hydrogen-bond acceptors (Lipinski definition) is 4. The molecule has 2 unspecified atom stereocenters. The highest BCUT2D eigenvalue weighted by Gasteiger charge is 2.35. The van der Waals surface area contributed by atoms with Crippen molar-refractivity contribution in [2.45, 2.75) is 19.0 Å². The summed E-state index contributed by atoms with van der Waals surface area (Å²) in [5.74, 6) is -0.649. The van der Waals surface area contributed by atoms with E-state index in [4.69, 9.17) is 10.5 Å². The average Bonchev–Trinajstić information content (AvgIpc) is 2.54. The molecule has 0 saturated carbocycles. The van der Waals surface area contributed by atoms with E-state index in [2.05, 4.69) is 5.32 Å². The first-order valence-corrected chi connectivity index (χ1v) is 5.01. The van der Waals surface area contributed by atoms with Crippen molar-refractivity contribution >= 4 is 11.7 Å². The number of hydrogen-bond donors (Lipinski definition) is 2. The normalized spacial score (nSPS) is 23.1. The van der Waals surface area contributed by atoms with Crippen molar-refractivity contribution in [1.82, 2.24) is 0 Å². The molecule has 0 aromatic heterocycles. The highest BCUT2D eigenvalue weighted by atomic mass is 16.5. The molecule has 80 valence electrons. The van der Waals surface area contributed by atoms with Gasteiger partial charge < -0.3 is 15.8 Å². The molecule has 1 aromatic rings. The maximum atomic E-state index is 11.7. The van der Waals surface area contributed by atoms with Gasteiger partial charge >= 0.3 is 5.97 Å². The third kappa shape index (κ3) is 1.68. The Bertz CT molecular complexity index is 379. The third-order valence-electron chi connectivity index (χ3n) is 2.52. The zero-order valence-electron chi connectivity index (χ0n) is 8.57. The Labute approximate surface area is 88.4 Å². The standard InChI is InChI=1S/C11H14N2O2/c1-2-15-11(14)9-7-5-3-4-6-8(7)13-10(9)12/h3-6,9-10,13H,2,12H2,1H3. The van der Waals surface area contributed by atoms with Gasteiger partial charge in [0, 0.05) is 5.69 Å². The smallest absolute Gasteiger partial charge is 0.316 e. The van der Waals surface area contributed by atoms with Crippen LogP contribution in [0.4, 0.5) is 5.69 Å². The van der Waals surface area contributed by atoms with Crippen LogP contribution < -0.4 is 11.1 Å². The molecule has 1 aromatic carbocycles. The van der Waals surface area contributed by atoms with E-state index >= 15 is 0 Å². The molecular formula is C11H14N2O2. The fraction of sp³-hybridized carbons (Fsp3) is 0.364. The van der Waals surface area contributed by atoms with Gasteiger partial charge in [-0.15, -0.1) is 0 Å². The lowest BCUT2D eigenvalue weighted by Gasteiger charge is -2.14. The molecule has 0 saturated heterocycles. The van der Waals surface area contributed by atoms with Gasteiger partial charge in [-0.2, -0.15) is 0 Å². The van der Waals surface area contributed by atoms with E-state index in [0.29, 0.717) is 6.61 Å². The maximum absolute atomic E-state index is 11.7. The van der Waals surface area contributed by atoms with Crippen LogP contribution in [-0.4, -0.2) is 18.7 Å². The second-order valence-corrected chi connectivity index (χ2v) is 3.49. The van der Waals surface area contributed by atoms with Gasteiger partial charge in [0.2, 0.25) is 0 Å². The first-order chi connectivity index (χ1) is 7.24. The third-order valence-corrected chi connectivity index (χ3v) is 2.52. The van der Waals surface area contributed by atoms with Gasteiger partial charge in [-0.3, -0.25) is 4.79 Å². The summed E-state index contributed by atoms with van der Waals surface area (Å²) in [6, 6.07) is 7.61. The zero-order valence-corrected chi connectivity index (χ0v) is 8.57. The molecule has 15 heavy (non-hydrogen) atoms. The summed E-state index contributed by atoms with van der Waals surface area (Å²) in [6.07, 6.45) is -0.388. The molecular weight excluding hydrogens is 192 g/mol. The number of fused-ring (bicyclic) bond motifs is 1. The zero-order chi connectivity index (χ0) is 10.8. The second kappa shape index (κ2) is 3.90. The number of esters is 1. The molecule has 0 amide bonds. The lowest BCUT2D eigenvalue weighted by atomic mass is 10.00. The molecule has 1 aliphatic rings. The first kappa shape index (κ1) is 9.98. The summed E-state index contributed by atoms with van der Waals surface area (Å²) in [4.78, 5) is 11.7. The highest BCUT2D eigenvalue weighted by molar-refractivity contribution is 5.84. The van der Waals surface area contributed by atoms with Crippen LogP contribution in [0.5, 0.6) is 0 Å². The van der Waals surface area contributed by atoms with Crippen LogP contribution in [0, 0.1) is 0 Å². The second-order valence-electron chi connectivity index (χ2n) is 3.49. The predicted octanol–water partition coefficient (Wildman–Crippen LogP) is 1.04. The number of benzene rings is 1. The van der Waals surface area contributed by atoms with Gasteiger partial charge in [-0.25, -0.2) is 0 Å². The molecule has 4 heteroatoms. The molecule has 4 nitrogen and oxygen atoms in total. The number of nitrogens with one attached hydrogen (secondary N) is 1. The van der Waals surface area contributed by atoms with Crippen LogP contribution >= 0.6 is 0 Å². The van der Waals surface area contributed by atoms with E-state index in [-0.39, 0.29) is 18.1 Å². The molecule has 0 spiro atoms. The van der Waals surface area contributed by atoms with Crippen molar-refractivity contribution < 1.29 is 9.53 Å². The van der Waals surface area contributed by atoms with Gasteiger partial charge in [0.15, 0.2) is 0 Å². The minimum atomic E-state index is -0.388. The number of anilines is 1. The number of rotatable bonds is 2. The largest absolute Gasteiger partial charge is 0.465 e. The van der Waals surface area contributed by atoms with E-state index < -0.39 is 0 Å². The van der Waals surface area contributed by atoms with Crippen molar-refractivity contribution in [3.8, 4) is 0 Å². The van der Waals surface area contributed by atoms with Gasteiger partial charge in [-0.05, 0) is 18.6 Å². The Hall–Kier alpha value is -1.55. The highest BCUT2D eigenvalue weighted by Crippen LogP contribution is 2.34. The summed E-state index contributed by atoms with van der Waals surface area (Å²) >= 11 is 0. The van der Waals surface area contributed by atoms with Crippen LogP contribution in [0.3, 0.4) is 0 Å². The van der Waals surface area contributed by atoms with Gasteiger partial charge in [0.25, 0.3) is 0 Å². The Kier molecular flexibility index (Phi) is 2.60. The van der Waals surface area contributed by atoms with E-state index in [9.17, 15) is 4.79 Å². The van der Waals surface area contributed by atoms with Crippen LogP contribution in [0.15, 0.2) is 24.3 Å². The summed E-state index contributed by atoms with van der Waals surface area (Å²) in [5.41, 5.74) is 7.69. The van der Waals surface area contributed by atoms with Crippen LogP contribution in [0.25, 0.3) is 0 Å². The molecule has 0 radical (unpaired) electrons. The molecule has 1 heterocycles. The lowest BCUT2D eigenvalue weighted by molar-refractivity contribution is -0.145. The number of para-hydroxylation sites is 1. The predicted molar refractivity (Wildman–Crippen MR) is 57.4 cm³/mol. The van der Waals surface area contributed by atoms with Gasteiger partial charge in [-0.1, -0.05) is 18.2 Å². The fourth-order valence-electron chi connectivity index (χ4n) is 1.86. The molecule has 1 aliphatic heterocycles. The van der Waals surface area contributed by atoms with Crippen molar-refractivity contribution in [1.29, 1.82) is 0 Å².